The average Bonchev–Trinajstić information content (AvgIpc) is 2.48. The Bertz CT molecular complexity index is 706. The third-order valence-electron chi connectivity index (χ3n) is 4.76. The van der Waals surface area contributed by atoms with Gasteiger partial charge in [-0.25, -0.2) is 8.42 Å². The first kappa shape index (κ1) is 15.4. The largest absolute Gasteiger partial charge is 0.298 e. The second kappa shape index (κ2) is 5.63. The van der Waals surface area contributed by atoms with Gasteiger partial charge in [0.25, 0.3) is 0 Å². The van der Waals surface area contributed by atoms with E-state index in [1.165, 1.54) is 4.31 Å². The molecule has 5 heteroatoms. The van der Waals surface area contributed by atoms with E-state index in [4.69, 9.17) is 0 Å². The number of sulfonamides is 1. The number of nitrogens with zero attached hydrogens (tertiary/aromatic N) is 1. The Labute approximate surface area is 131 Å². The van der Waals surface area contributed by atoms with E-state index in [1.807, 2.05) is 13.0 Å². The van der Waals surface area contributed by atoms with E-state index in [9.17, 15) is 13.2 Å². The molecule has 0 unspecified atom stereocenters. The lowest BCUT2D eigenvalue weighted by Gasteiger charge is -2.44. The minimum atomic E-state index is -3.65. The normalized spacial score (nSPS) is 29.4. The Morgan fingerprint density at radius 2 is 1.73 bits per heavy atom. The molecule has 118 valence electrons. The molecule has 1 aliphatic carbocycles. The molecular weight excluding hydrogens is 298 g/mol. The Balaban J connectivity index is 2.04. The van der Waals surface area contributed by atoms with Gasteiger partial charge in [0.2, 0.25) is 10.0 Å². The van der Waals surface area contributed by atoms with Gasteiger partial charge in [0.05, 0.1) is 10.9 Å². The maximum atomic E-state index is 13.1. The van der Waals surface area contributed by atoms with Gasteiger partial charge in [0, 0.05) is 12.5 Å². The van der Waals surface area contributed by atoms with E-state index in [-0.39, 0.29) is 22.6 Å². The molecule has 2 aliphatic rings. The zero-order chi connectivity index (χ0) is 15.9. The van der Waals surface area contributed by atoms with E-state index in [2.05, 4.69) is 6.08 Å². The summed E-state index contributed by atoms with van der Waals surface area (Å²) in [7, 11) is -3.65. The van der Waals surface area contributed by atoms with E-state index in [0.29, 0.717) is 12.8 Å². The number of carbonyl (C=O) groups is 1. The van der Waals surface area contributed by atoms with Crippen molar-refractivity contribution in [3.63, 3.8) is 0 Å². The minimum absolute atomic E-state index is 0.0206. The highest BCUT2D eigenvalue weighted by Gasteiger charge is 2.46. The third-order valence-corrected chi connectivity index (χ3v) is 6.77. The number of benzene rings is 1. The lowest BCUT2D eigenvalue weighted by molar-refractivity contribution is -0.127. The molecule has 1 aromatic carbocycles. The molecule has 0 bridgehead atoms. The molecular formula is C17H21NO3S. The van der Waals surface area contributed by atoms with E-state index < -0.39 is 16.1 Å². The molecule has 22 heavy (non-hydrogen) atoms. The van der Waals surface area contributed by atoms with E-state index in [1.54, 1.807) is 31.2 Å². The van der Waals surface area contributed by atoms with Crippen LogP contribution in [0.1, 0.15) is 31.7 Å². The number of rotatable bonds is 2. The number of carbonyl (C=O) groups excluding carboxylic acids is 1. The molecule has 3 rings (SSSR count). The van der Waals surface area contributed by atoms with Crippen LogP contribution >= 0.6 is 0 Å². The number of hydrogen-bond donors (Lipinski definition) is 0. The molecule has 1 aromatic rings. The fourth-order valence-electron chi connectivity index (χ4n) is 3.46. The first-order chi connectivity index (χ1) is 10.4. The summed E-state index contributed by atoms with van der Waals surface area (Å²) < 4.78 is 27.6. The van der Waals surface area contributed by atoms with Gasteiger partial charge in [-0.1, -0.05) is 29.8 Å². The topological polar surface area (TPSA) is 54.5 Å². The smallest absolute Gasteiger partial charge is 0.243 e. The number of aryl methyl sites for hydroxylation is 1. The standard InChI is InChI=1S/C17H21NO3S/c1-12-7-9-15(10-8-12)22(20,21)18-13(2)17(19)11-14-5-3-4-6-16(14)18/h3-4,7-10,13-14,16H,5-6,11H2,1-2H3/t13-,14-,16+/m0/s1. The second-order valence-corrected chi connectivity index (χ2v) is 8.11. The molecule has 1 aliphatic heterocycles. The highest BCUT2D eigenvalue weighted by molar-refractivity contribution is 7.89. The summed E-state index contributed by atoms with van der Waals surface area (Å²) in [5.74, 6) is 0.126. The Hall–Kier alpha value is -1.46. The van der Waals surface area contributed by atoms with Crippen LogP contribution in [0.5, 0.6) is 0 Å². The first-order valence-electron chi connectivity index (χ1n) is 7.69. The van der Waals surface area contributed by atoms with E-state index in [0.717, 1.165) is 12.0 Å². The summed E-state index contributed by atoms with van der Waals surface area (Å²) in [4.78, 5) is 12.5. The van der Waals surface area contributed by atoms with Crippen molar-refractivity contribution in [3.05, 3.63) is 42.0 Å². The van der Waals surface area contributed by atoms with Gasteiger partial charge < -0.3 is 0 Å². The predicted molar refractivity (Wildman–Crippen MR) is 84.9 cm³/mol. The van der Waals surface area contributed by atoms with Crippen LogP contribution in [-0.4, -0.2) is 30.6 Å². The van der Waals surface area contributed by atoms with Crippen LogP contribution in [0.15, 0.2) is 41.3 Å². The minimum Gasteiger partial charge on any atom is -0.298 e. The van der Waals surface area contributed by atoms with Gasteiger partial charge in [-0.15, -0.1) is 0 Å². The molecule has 0 spiro atoms. The highest BCUT2D eigenvalue weighted by Crippen LogP contribution is 2.37. The van der Waals surface area contributed by atoms with Gasteiger partial charge >= 0.3 is 0 Å². The fraction of sp³-hybridized carbons (Fsp3) is 0.471. The van der Waals surface area contributed by atoms with Crippen molar-refractivity contribution in [1.82, 2.24) is 4.31 Å². The van der Waals surface area contributed by atoms with Crippen LogP contribution < -0.4 is 0 Å². The van der Waals surface area contributed by atoms with Crippen molar-refractivity contribution >= 4 is 15.8 Å². The molecule has 1 saturated heterocycles. The Kier molecular flexibility index (Phi) is 3.95. The fourth-order valence-corrected chi connectivity index (χ4v) is 5.34. The summed E-state index contributed by atoms with van der Waals surface area (Å²) in [6.07, 6.45) is 6.04. The van der Waals surface area contributed by atoms with Gasteiger partial charge in [-0.2, -0.15) is 4.31 Å². The molecule has 0 N–H and O–H groups in total. The van der Waals surface area contributed by atoms with Gasteiger partial charge in [-0.05, 0) is 44.7 Å². The van der Waals surface area contributed by atoms with Crippen LogP contribution in [0.4, 0.5) is 0 Å². The molecule has 0 radical (unpaired) electrons. The van der Waals surface area contributed by atoms with Crippen molar-refractivity contribution in [2.24, 2.45) is 5.92 Å². The Morgan fingerprint density at radius 3 is 2.41 bits per heavy atom. The molecule has 1 heterocycles. The van der Waals surface area contributed by atoms with E-state index >= 15 is 0 Å². The monoisotopic (exact) mass is 319 g/mol. The van der Waals surface area contributed by atoms with Gasteiger partial charge in [0.1, 0.15) is 0 Å². The molecule has 3 atom stereocenters. The van der Waals surface area contributed by atoms with Crippen LogP contribution in [0, 0.1) is 12.8 Å². The molecule has 0 aromatic heterocycles. The van der Waals surface area contributed by atoms with Gasteiger partial charge in [-0.3, -0.25) is 4.79 Å². The van der Waals surface area contributed by atoms with Crippen LogP contribution in [0.2, 0.25) is 0 Å². The number of ketones is 1. The summed E-state index contributed by atoms with van der Waals surface area (Å²) in [5, 5.41) is 0. The summed E-state index contributed by atoms with van der Waals surface area (Å²) in [6.45, 7) is 3.63. The summed E-state index contributed by atoms with van der Waals surface area (Å²) in [6, 6.07) is 6.15. The number of fused-ring (bicyclic) bond motifs is 1. The van der Waals surface area contributed by atoms with Crippen molar-refractivity contribution < 1.29 is 13.2 Å². The highest BCUT2D eigenvalue weighted by atomic mass is 32.2. The summed E-state index contributed by atoms with van der Waals surface area (Å²) in [5.41, 5.74) is 1.01. The second-order valence-electron chi connectivity index (χ2n) is 6.26. The van der Waals surface area contributed by atoms with Crippen molar-refractivity contribution in [3.8, 4) is 0 Å². The van der Waals surface area contributed by atoms with Crippen molar-refractivity contribution in [1.29, 1.82) is 0 Å². The van der Waals surface area contributed by atoms with Gasteiger partial charge in [0.15, 0.2) is 5.78 Å². The maximum Gasteiger partial charge on any atom is 0.243 e. The van der Waals surface area contributed by atoms with Crippen molar-refractivity contribution in [2.45, 2.75) is 50.1 Å². The molecule has 4 nitrogen and oxygen atoms in total. The van der Waals surface area contributed by atoms with Crippen LogP contribution in [0.3, 0.4) is 0 Å². The Morgan fingerprint density at radius 1 is 1.09 bits per heavy atom. The van der Waals surface area contributed by atoms with Crippen LogP contribution in [0.25, 0.3) is 0 Å². The lowest BCUT2D eigenvalue weighted by atomic mass is 9.80. The molecule has 1 fully saturated rings. The predicted octanol–water partition coefficient (Wildman–Crippen LogP) is 2.68. The average molecular weight is 319 g/mol. The number of piperidine rings is 1. The van der Waals surface area contributed by atoms with Crippen LogP contribution in [-0.2, 0) is 14.8 Å². The number of Topliss-reactive ketones (excluding diaryl/α,β-unsaturated/α-hetero) is 1. The SMILES string of the molecule is Cc1ccc(S(=O)(=O)N2[C@@H]3CC=CC[C@H]3CC(=O)[C@@H]2C)cc1. The molecule has 0 amide bonds. The zero-order valence-corrected chi connectivity index (χ0v) is 13.7. The lowest BCUT2D eigenvalue weighted by Crippen LogP contribution is -2.56. The molecule has 0 saturated carbocycles. The third kappa shape index (κ3) is 2.52. The zero-order valence-electron chi connectivity index (χ0n) is 12.9. The van der Waals surface area contributed by atoms with Crippen molar-refractivity contribution in [2.75, 3.05) is 0 Å². The first-order valence-corrected chi connectivity index (χ1v) is 9.13. The quantitative estimate of drug-likeness (QED) is 0.788. The maximum absolute atomic E-state index is 13.1. The number of allylic oxidation sites excluding steroid dienone is 1. The summed E-state index contributed by atoms with van der Waals surface area (Å²) >= 11 is 0. The number of hydrogen-bond acceptors (Lipinski definition) is 3.